The van der Waals surface area contributed by atoms with E-state index in [0.29, 0.717) is 33.8 Å². The number of nitrogens with one attached hydrogen (secondary N) is 1. The largest absolute Gasteiger partial charge is 0.481 e. The quantitative estimate of drug-likeness (QED) is 0.345. The zero-order valence-electron chi connectivity index (χ0n) is 18.8. The second-order valence-electron chi connectivity index (χ2n) is 7.93. The molecule has 0 unspecified atom stereocenters. The smallest absolute Gasteiger partial charge is 0.341 e. The number of fused-ring (bicyclic) bond motifs is 3. The lowest BCUT2D eigenvalue weighted by Crippen LogP contribution is -2.19. The van der Waals surface area contributed by atoms with Crippen molar-refractivity contribution in [3.8, 4) is 22.9 Å². The van der Waals surface area contributed by atoms with Gasteiger partial charge in [-0.2, -0.15) is 4.98 Å². The van der Waals surface area contributed by atoms with Gasteiger partial charge in [-0.1, -0.05) is 71.9 Å². The van der Waals surface area contributed by atoms with Gasteiger partial charge in [0.05, 0.1) is 5.56 Å². The first-order valence-electron chi connectivity index (χ1n) is 11.0. The second-order valence-corrected chi connectivity index (χ2v) is 8.87. The fourth-order valence-corrected chi connectivity index (χ4v) is 4.38. The summed E-state index contributed by atoms with van der Waals surface area (Å²) in [4.78, 5) is 15.7. The Bertz CT molecular complexity index is 1360. The average molecular weight is 487 g/mol. The van der Waals surface area contributed by atoms with Crippen molar-refractivity contribution in [2.24, 2.45) is 0 Å². The Kier molecular flexibility index (Phi) is 6.49. The molecule has 1 aliphatic heterocycles. The van der Waals surface area contributed by atoms with Crippen molar-refractivity contribution < 1.29 is 19.4 Å². The predicted octanol–water partition coefficient (Wildman–Crippen LogP) is 5.11. The molecule has 2 N–H and O–H groups in total. The Morgan fingerprint density at radius 2 is 1.83 bits per heavy atom. The first kappa shape index (κ1) is 22.7. The van der Waals surface area contributed by atoms with Crippen LogP contribution in [0.5, 0.6) is 11.6 Å². The number of thioether (sulfide) groups is 1. The van der Waals surface area contributed by atoms with Gasteiger partial charge in [-0.25, -0.2) is 4.79 Å². The summed E-state index contributed by atoms with van der Waals surface area (Å²) in [5, 5.41) is 21.7. The van der Waals surface area contributed by atoms with Crippen molar-refractivity contribution in [1.82, 2.24) is 15.2 Å². The molecule has 0 radical (unpaired) electrons. The topological polar surface area (TPSA) is 106 Å². The third-order valence-electron chi connectivity index (χ3n) is 5.37. The Morgan fingerprint density at radius 1 is 1.06 bits per heavy atom. The van der Waals surface area contributed by atoms with Crippen LogP contribution in [-0.4, -0.2) is 32.9 Å². The van der Waals surface area contributed by atoms with Gasteiger partial charge in [-0.05, 0) is 30.7 Å². The van der Waals surface area contributed by atoms with Crippen molar-refractivity contribution in [3.05, 3.63) is 89.5 Å². The molecule has 9 heteroatoms. The van der Waals surface area contributed by atoms with Crippen LogP contribution in [0.25, 0.3) is 11.3 Å². The molecule has 5 rings (SSSR count). The molecule has 1 aromatic heterocycles. The van der Waals surface area contributed by atoms with E-state index in [1.807, 2.05) is 36.4 Å². The maximum Gasteiger partial charge on any atom is 0.341 e. The number of aryl methyl sites for hydroxylation is 1. The number of hydrogen-bond donors (Lipinski definition) is 2. The lowest BCUT2D eigenvalue weighted by Gasteiger charge is -2.21. The molecule has 176 valence electrons. The number of nitrogens with zero attached hydrogens (tertiary/aromatic N) is 3. The van der Waals surface area contributed by atoms with Crippen molar-refractivity contribution in [3.63, 3.8) is 0 Å². The number of aliphatic carboxylic acids is 1. The summed E-state index contributed by atoms with van der Waals surface area (Å²) in [5.41, 5.74) is 5.14. The molecule has 35 heavy (non-hydrogen) atoms. The van der Waals surface area contributed by atoms with Crippen LogP contribution in [-0.2, 0) is 10.5 Å². The molecular weight excluding hydrogens is 464 g/mol. The Morgan fingerprint density at radius 3 is 2.66 bits per heavy atom. The molecule has 0 spiro atoms. The molecule has 0 fully saturated rings. The zero-order valence-corrected chi connectivity index (χ0v) is 19.7. The highest BCUT2D eigenvalue weighted by Crippen LogP contribution is 2.41. The molecule has 1 aliphatic rings. The van der Waals surface area contributed by atoms with Crippen LogP contribution in [0.2, 0.25) is 0 Å². The zero-order chi connectivity index (χ0) is 24.2. The number of ether oxygens (including phenoxy) is 2. The number of hydrogen-bond acceptors (Lipinski definition) is 8. The summed E-state index contributed by atoms with van der Waals surface area (Å²) >= 11 is 1.48. The van der Waals surface area contributed by atoms with Crippen LogP contribution >= 0.6 is 11.8 Å². The molecule has 1 atom stereocenters. The van der Waals surface area contributed by atoms with E-state index < -0.39 is 18.8 Å². The van der Waals surface area contributed by atoms with E-state index in [1.165, 1.54) is 17.3 Å². The van der Waals surface area contributed by atoms with Crippen molar-refractivity contribution >= 4 is 23.4 Å². The van der Waals surface area contributed by atoms with Gasteiger partial charge in [0.25, 0.3) is 0 Å². The molecule has 0 saturated heterocycles. The van der Waals surface area contributed by atoms with E-state index in [2.05, 4.69) is 51.7 Å². The Hall–Kier alpha value is -4.11. The van der Waals surface area contributed by atoms with E-state index in [-0.39, 0.29) is 0 Å². The van der Waals surface area contributed by atoms with E-state index in [4.69, 9.17) is 14.6 Å². The number of anilines is 1. The monoisotopic (exact) mass is 486 g/mol. The highest BCUT2D eigenvalue weighted by molar-refractivity contribution is 7.98. The summed E-state index contributed by atoms with van der Waals surface area (Å²) in [6.07, 6.45) is -0.686. The fraction of sp³-hybridized carbons (Fsp3) is 0.154. The number of rotatable bonds is 7. The molecular formula is C26H22N4O4S. The van der Waals surface area contributed by atoms with Crippen molar-refractivity contribution in [1.29, 1.82) is 0 Å². The number of aromatic nitrogens is 3. The highest BCUT2D eigenvalue weighted by Gasteiger charge is 2.28. The van der Waals surface area contributed by atoms with Crippen LogP contribution in [0.3, 0.4) is 0 Å². The molecule has 0 saturated carbocycles. The molecule has 0 bridgehead atoms. The summed E-state index contributed by atoms with van der Waals surface area (Å²) in [7, 11) is 0. The lowest BCUT2D eigenvalue weighted by molar-refractivity contribution is -0.139. The molecule has 0 amide bonds. The number of carboxylic acids is 1. The number of carbonyl (C=O) groups is 1. The van der Waals surface area contributed by atoms with Crippen LogP contribution in [0.4, 0.5) is 5.69 Å². The molecule has 3 aromatic carbocycles. The predicted molar refractivity (Wildman–Crippen MR) is 133 cm³/mol. The molecule has 8 nitrogen and oxygen atoms in total. The second kappa shape index (κ2) is 10.0. The van der Waals surface area contributed by atoms with Gasteiger partial charge >= 0.3 is 5.97 Å². The molecule has 4 aromatic rings. The van der Waals surface area contributed by atoms with Crippen LogP contribution in [0, 0.1) is 6.92 Å². The van der Waals surface area contributed by atoms with E-state index in [0.717, 1.165) is 16.8 Å². The Balaban J connectivity index is 1.48. The first-order valence-corrected chi connectivity index (χ1v) is 11.9. The third kappa shape index (κ3) is 5.20. The van der Waals surface area contributed by atoms with E-state index in [9.17, 15) is 4.79 Å². The number of benzene rings is 3. The minimum absolute atomic E-state index is 0.335. The van der Waals surface area contributed by atoms with Gasteiger partial charge < -0.3 is 19.9 Å². The molecule has 0 aliphatic carbocycles. The van der Waals surface area contributed by atoms with Gasteiger partial charge in [0, 0.05) is 17.0 Å². The van der Waals surface area contributed by atoms with Crippen LogP contribution < -0.4 is 14.8 Å². The standard InChI is InChI=1S/C26H22N4O4S/c1-16-10-12-17(13-11-16)15-35-26-28-25-23(29-30-26)18-6-2-4-8-20(18)27-24(34-25)19-7-3-5-9-21(19)33-14-22(31)32/h2-13,24,27H,14-15H2,1H3,(H,31,32)/t24-/m1/s1. The van der Waals surface area contributed by atoms with Crippen molar-refractivity contribution in [2.75, 3.05) is 11.9 Å². The number of para-hydroxylation sites is 2. The van der Waals surface area contributed by atoms with Crippen molar-refractivity contribution in [2.45, 2.75) is 24.1 Å². The van der Waals surface area contributed by atoms with Crippen LogP contribution in [0.1, 0.15) is 22.9 Å². The summed E-state index contributed by atoms with van der Waals surface area (Å²) in [6, 6.07) is 23.1. The van der Waals surface area contributed by atoms with Gasteiger partial charge in [0.15, 0.2) is 12.3 Å². The first-order chi connectivity index (χ1) is 17.1. The Labute approximate surface area is 206 Å². The number of carboxylic acid groups (broad SMARTS) is 1. The average Bonchev–Trinajstić information content (AvgIpc) is 3.04. The lowest BCUT2D eigenvalue weighted by atomic mass is 10.1. The normalized spacial score (nSPS) is 14.0. The fourth-order valence-electron chi connectivity index (χ4n) is 3.65. The van der Waals surface area contributed by atoms with Gasteiger partial charge in [0.1, 0.15) is 5.75 Å². The SMILES string of the molecule is Cc1ccc(CSc2nnc3c(n2)O[C@H](c2ccccc2OCC(=O)O)Nc2ccccc2-3)cc1. The minimum atomic E-state index is -1.06. The van der Waals surface area contributed by atoms with Crippen LogP contribution in [0.15, 0.2) is 78.0 Å². The highest BCUT2D eigenvalue weighted by atomic mass is 32.2. The maximum atomic E-state index is 11.1. The molecule has 2 heterocycles. The van der Waals surface area contributed by atoms with E-state index >= 15 is 0 Å². The maximum absolute atomic E-state index is 11.1. The van der Waals surface area contributed by atoms with E-state index in [1.54, 1.807) is 12.1 Å². The van der Waals surface area contributed by atoms with Gasteiger partial charge in [-0.3, -0.25) is 0 Å². The van der Waals surface area contributed by atoms with Gasteiger partial charge in [0.2, 0.25) is 17.3 Å². The minimum Gasteiger partial charge on any atom is -0.481 e. The third-order valence-corrected chi connectivity index (χ3v) is 6.28. The summed E-state index contributed by atoms with van der Waals surface area (Å²) in [6.45, 7) is 1.60. The van der Waals surface area contributed by atoms with Gasteiger partial charge in [-0.15, -0.1) is 10.2 Å². The summed E-state index contributed by atoms with van der Waals surface area (Å²) < 4.78 is 11.8. The summed E-state index contributed by atoms with van der Waals surface area (Å²) in [5.74, 6) is 0.383.